The Morgan fingerprint density at radius 1 is 1.43 bits per heavy atom. The highest BCUT2D eigenvalue weighted by atomic mass is 32.2. The van der Waals surface area contributed by atoms with Crippen molar-refractivity contribution in [2.75, 3.05) is 5.73 Å². The van der Waals surface area contributed by atoms with Crippen molar-refractivity contribution in [3.63, 3.8) is 0 Å². The lowest BCUT2D eigenvalue weighted by atomic mass is 10.2. The number of nitrogens with zero attached hydrogens (tertiary/aromatic N) is 5. The Hall–Kier alpha value is -2.16. The Kier molecular flexibility index (Phi) is 3.74. The fraction of sp³-hybridized carbons (Fsp3) is 0.417. The highest BCUT2D eigenvalue weighted by Gasteiger charge is 2.23. The largest absolute Gasteiger partial charge is 0.478 e. The number of hydrogen-bond donors (Lipinski definition) is 2. The van der Waals surface area contributed by atoms with E-state index in [-0.39, 0.29) is 11.3 Å². The van der Waals surface area contributed by atoms with Crippen molar-refractivity contribution >= 4 is 23.4 Å². The molecule has 1 saturated carbocycles. The lowest BCUT2D eigenvalue weighted by Gasteiger charge is -2.11. The van der Waals surface area contributed by atoms with Crippen LogP contribution in [0.4, 0.5) is 5.69 Å². The summed E-state index contributed by atoms with van der Waals surface area (Å²) in [5.74, 6) is -1.08. The Bertz CT molecular complexity index is 668. The highest BCUT2D eigenvalue weighted by molar-refractivity contribution is 7.99. The molecular formula is C12H14N6O2S. The summed E-state index contributed by atoms with van der Waals surface area (Å²) in [5, 5.41) is 21.8. The highest BCUT2D eigenvalue weighted by Crippen LogP contribution is 2.35. The summed E-state index contributed by atoms with van der Waals surface area (Å²) in [6, 6.07) is 1.67. The molecule has 21 heavy (non-hydrogen) atoms. The molecule has 0 aromatic carbocycles. The van der Waals surface area contributed by atoms with E-state index in [1.54, 1.807) is 4.68 Å². The van der Waals surface area contributed by atoms with E-state index < -0.39 is 5.97 Å². The number of carboxylic acid groups (broad SMARTS) is 1. The molecule has 1 aliphatic carbocycles. The molecule has 0 bridgehead atoms. The maximum absolute atomic E-state index is 11.1. The van der Waals surface area contributed by atoms with Crippen molar-refractivity contribution in [3.8, 4) is 0 Å². The Morgan fingerprint density at radius 3 is 2.90 bits per heavy atom. The lowest BCUT2D eigenvalue weighted by molar-refractivity contribution is 0.0697. The quantitative estimate of drug-likeness (QED) is 0.874. The van der Waals surface area contributed by atoms with E-state index in [2.05, 4.69) is 20.5 Å². The van der Waals surface area contributed by atoms with Gasteiger partial charge in [0.05, 0.1) is 17.3 Å². The first-order valence-corrected chi connectivity index (χ1v) is 7.42. The molecule has 0 atom stereocenters. The summed E-state index contributed by atoms with van der Waals surface area (Å²) in [4.78, 5) is 15.2. The topological polar surface area (TPSA) is 120 Å². The number of nitrogen functional groups attached to an aromatic ring is 1. The lowest BCUT2D eigenvalue weighted by Crippen LogP contribution is -2.09. The van der Waals surface area contributed by atoms with Crippen LogP contribution in [0.3, 0.4) is 0 Å². The predicted octanol–water partition coefficient (Wildman–Crippen LogP) is 1.61. The second kappa shape index (κ2) is 5.68. The van der Waals surface area contributed by atoms with Crippen LogP contribution in [0.1, 0.15) is 42.1 Å². The molecule has 2 aromatic heterocycles. The second-order valence-corrected chi connectivity index (χ2v) is 5.78. The fourth-order valence-corrected chi connectivity index (χ4v) is 3.30. The summed E-state index contributed by atoms with van der Waals surface area (Å²) >= 11 is 1.19. The molecule has 0 amide bonds. The molecule has 2 aromatic rings. The van der Waals surface area contributed by atoms with Crippen LogP contribution in [-0.2, 0) is 0 Å². The van der Waals surface area contributed by atoms with E-state index in [0.717, 1.165) is 12.8 Å². The maximum atomic E-state index is 11.1. The van der Waals surface area contributed by atoms with Crippen LogP contribution in [0.5, 0.6) is 0 Å². The van der Waals surface area contributed by atoms with Gasteiger partial charge in [-0.25, -0.2) is 14.5 Å². The number of hydrogen-bond acceptors (Lipinski definition) is 7. The minimum absolute atomic E-state index is 0.0346. The van der Waals surface area contributed by atoms with E-state index in [9.17, 15) is 4.79 Å². The van der Waals surface area contributed by atoms with Gasteiger partial charge in [-0.3, -0.25) is 0 Å². The third-order valence-corrected chi connectivity index (χ3v) is 4.48. The molecule has 0 unspecified atom stereocenters. The fourth-order valence-electron chi connectivity index (χ4n) is 2.44. The van der Waals surface area contributed by atoms with E-state index in [4.69, 9.17) is 10.8 Å². The van der Waals surface area contributed by atoms with Crippen molar-refractivity contribution in [1.29, 1.82) is 0 Å². The monoisotopic (exact) mass is 306 g/mol. The van der Waals surface area contributed by atoms with Crippen LogP contribution in [0.25, 0.3) is 0 Å². The van der Waals surface area contributed by atoms with Gasteiger partial charge in [0.15, 0.2) is 0 Å². The molecule has 0 saturated heterocycles. The number of pyridine rings is 1. The third kappa shape index (κ3) is 2.68. The number of carboxylic acids is 1. The Morgan fingerprint density at radius 2 is 2.19 bits per heavy atom. The molecule has 8 nitrogen and oxygen atoms in total. The van der Waals surface area contributed by atoms with Crippen LogP contribution >= 0.6 is 11.8 Å². The summed E-state index contributed by atoms with van der Waals surface area (Å²) in [6.45, 7) is 0. The van der Waals surface area contributed by atoms with Crippen LogP contribution in [0.2, 0.25) is 0 Å². The summed E-state index contributed by atoms with van der Waals surface area (Å²) in [6.07, 6.45) is 5.87. The van der Waals surface area contributed by atoms with Gasteiger partial charge < -0.3 is 10.8 Å². The zero-order valence-corrected chi connectivity index (χ0v) is 12.0. The first kappa shape index (κ1) is 13.8. The summed E-state index contributed by atoms with van der Waals surface area (Å²) in [7, 11) is 0. The number of rotatable bonds is 4. The van der Waals surface area contributed by atoms with Gasteiger partial charge in [0.2, 0.25) is 5.16 Å². The van der Waals surface area contributed by atoms with Gasteiger partial charge in [0, 0.05) is 6.20 Å². The standard InChI is InChI=1S/C12H14N6O2S/c13-9-8(11(19)20)5-6-14-10(9)21-12-15-16-17-18(12)7-3-1-2-4-7/h5-7H,1-4,13H2,(H,19,20). The van der Waals surface area contributed by atoms with Crippen molar-refractivity contribution in [3.05, 3.63) is 17.8 Å². The smallest absolute Gasteiger partial charge is 0.337 e. The van der Waals surface area contributed by atoms with Gasteiger partial charge >= 0.3 is 5.97 Å². The average molecular weight is 306 g/mol. The average Bonchev–Trinajstić information content (AvgIpc) is 3.11. The number of nitrogens with two attached hydrogens (primary N) is 1. The van der Waals surface area contributed by atoms with E-state index in [1.807, 2.05) is 0 Å². The third-order valence-electron chi connectivity index (χ3n) is 3.51. The number of aromatic nitrogens is 5. The van der Waals surface area contributed by atoms with Gasteiger partial charge in [-0.1, -0.05) is 12.8 Å². The van der Waals surface area contributed by atoms with Gasteiger partial charge in [-0.2, -0.15) is 0 Å². The molecule has 0 spiro atoms. The SMILES string of the molecule is Nc1c(C(=O)O)ccnc1Sc1nnnn1C1CCCC1. The van der Waals surface area contributed by atoms with Gasteiger partial charge in [0.1, 0.15) is 5.03 Å². The first-order valence-electron chi connectivity index (χ1n) is 6.60. The predicted molar refractivity (Wildman–Crippen MR) is 75.1 cm³/mol. The molecule has 110 valence electrons. The van der Waals surface area contributed by atoms with Crippen LogP contribution in [0, 0.1) is 0 Å². The normalized spacial score (nSPS) is 15.4. The minimum Gasteiger partial charge on any atom is -0.478 e. The van der Waals surface area contributed by atoms with Crippen LogP contribution in [0.15, 0.2) is 22.4 Å². The molecule has 2 heterocycles. The maximum Gasteiger partial charge on any atom is 0.337 e. The summed E-state index contributed by atoms with van der Waals surface area (Å²) < 4.78 is 1.78. The number of carbonyl (C=O) groups is 1. The molecule has 3 N–H and O–H groups in total. The summed E-state index contributed by atoms with van der Waals surface area (Å²) in [5.41, 5.74) is 6.03. The number of tetrazole rings is 1. The van der Waals surface area contributed by atoms with Gasteiger partial charge in [0.25, 0.3) is 0 Å². The molecule has 1 aliphatic rings. The zero-order valence-electron chi connectivity index (χ0n) is 11.1. The molecule has 0 aliphatic heterocycles. The van der Waals surface area contributed by atoms with Crippen molar-refractivity contribution < 1.29 is 9.90 Å². The molecule has 3 rings (SSSR count). The molecule has 0 radical (unpaired) electrons. The Labute approximate surface area is 124 Å². The number of anilines is 1. The zero-order chi connectivity index (χ0) is 14.8. The van der Waals surface area contributed by atoms with Crippen molar-refractivity contribution in [1.82, 2.24) is 25.2 Å². The minimum atomic E-state index is -1.08. The van der Waals surface area contributed by atoms with E-state index in [0.29, 0.717) is 16.2 Å². The molecule has 1 fully saturated rings. The van der Waals surface area contributed by atoms with E-state index in [1.165, 1.54) is 36.9 Å². The second-order valence-electron chi connectivity index (χ2n) is 4.83. The van der Waals surface area contributed by atoms with E-state index >= 15 is 0 Å². The van der Waals surface area contributed by atoms with Crippen LogP contribution in [-0.4, -0.2) is 36.3 Å². The van der Waals surface area contributed by atoms with Crippen molar-refractivity contribution in [2.24, 2.45) is 0 Å². The molecule has 9 heteroatoms. The van der Waals surface area contributed by atoms with Gasteiger partial charge in [-0.05, 0) is 41.1 Å². The first-order chi connectivity index (χ1) is 10.2. The van der Waals surface area contributed by atoms with Crippen molar-refractivity contribution in [2.45, 2.75) is 41.9 Å². The Balaban J connectivity index is 1.89. The van der Waals surface area contributed by atoms with Gasteiger partial charge in [-0.15, -0.1) is 5.10 Å². The number of aromatic carboxylic acids is 1. The van der Waals surface area contributed by atoms with Crippen LogP contribution < -0.4 is 5.73 Å². The molecular weight excluding hydrogens is 292 g/mol.